The Balaban J connectivity index is 1.58. The molecule has 2 nitrogen and oxygen atoms in total. The first-order valence-electron chi connectivity index (χ1n) is 16.6. The van der Waals surface area contributed by atoms with E-state index in [2.05, 4.69) is 55.8 Å². The van der Waals surface area contributed by atoms with Gasteiger partial charge in [-0.05, 0) is 60.6 Å². The lowest BCUT2D eigenvalue weighted by atomic mass is 9.71. The van der Waals surface area contributed by atoms with Gasteiger partial charge in [0.2, 0.25) is 5.69 Å². The summed E-state index contributed by atoms with van der Waals surface area (Å²) in [4.78, 5) is 0. The smallest absolute Gasteiger partial charge is 0.216 e. The summed E-state index contributed by atoms with van der Waals surface area (Å²) in [5, 5.41) is 2.35. The third-order valence-electron chi connectivity index (χ3n) is 8.54. The van der Waals surface area contributed by atoms with Crippen LogP contribution >= 0.6 is 0 Å². The molecule has 0 bridgehead atoms. The summed E-state index contributed by atoms with van der Waals surface area (Å²) in [5.74, 6) is -0.625. The normalized spacial score (nSPS) is 18.9. The number of hydrogen-bond donors (Lipinski definition) is 0. The van der Waals surface area contributed by atoms with E-state index >= 15 is 0 Å². The summed E-state index contributed by atoms with van der Waals surface area (Å²) in [5.41, 5.74) is 6.41. The molecule has 0 aliphatic heterocycles. The van der Waals surface area contributed by atoms with E-state index in [9.17, 15) is 1.37 Å². The minimum Gasteiger partial charge on any atom is -0.454 e. The van der Waals surface area contributed by atoms with Crippen LogP contribution < -0.4 is 9.75 Å². The van der Waals surface area contributed by atoms with E-state index in [0.717, 1.165) is 64.4 Å². The number of rotatable bonds is 4. The Kier molecular flexibility index (Phi) is 5.03. The lowest BCUT2D eigenvalue weighted by Gasteiger charge is -2.34. The van der Waals surface area contributed by atoms with Crippen molar-refractivity contribution in [2.45, 2.75) is 72.0 Å². The fraction of sp³-hybridized carbons (Fsp3) is 0.361. The molecule has 0 N–H and O–H groups in total. The largest absolute Gasteiger partial charge is 0.454 e. The minimum atomic E-state index is -2.13. The number of aryl methyl sites for hydroxylation is 2. The van der Waals surface area contributed by atoms with Gasteiger partial charge in [0.05, 0.1) is 19.1 Å². The number of nitrogens with zero attached hydrogens (tertiary/aromatic N) is 1. The average Bonchev–Trinajstić information content (AvgIpc) is 3.33. The van der Waals surface area contributed by atoms with Gasteiger partial charge in [-0.2, -0.15) is 0 Å². The molecule has 2 heterocycles. The van der Waals surface area contributed by atoms with E-state index in [1.54, 1.807) is 0 Å². The lowest BCUT2D eigenvalue weighted by Crippen LogP contribution is -2.37. The zero-order valence-electron chi connectivity index (χ0n) is 29.3. The highest BCUT2D eigenvalue weighted by atomic mass is 28.3. The molecule has 3 heteroatoms. The Labute approximate surface area is 241 Å². The van der Waals surface area contributed by atoms with Crippen molar-refractivity contribution in [3.8, 4) is 22.4 Å². The summed E-state index contributed by atoms with van der Waals surface area (Å²) >= 11 is 0. The molecule has 0 atom stereocenters. The zero-order chi connectivity index (χ0) is 31.9. The highest BCUT2D eigenvalue weighted by Gasteiger charge is 2.29. The van der Waals surface area contributed by atoms with E-state index in [0.29, 0.717) is 16.3 Å². The maximum atomic E-state index is 9.43. The molecule has 1 fully saturated rings. The Morgan fingerprint density at radius 1 is 0.949 bits per heavy atom. The molecule has 0 amide bonds. The van der Waals surface area contributed by atoms with Crippen LogP contribution in [0.1, 0.15) is 63.4 Å². The van der Waals surface area contributed by atoms with Gasteiger partial charge in [-0.1, -0.05) is 93.2 Å². The monoisotopic (exact) mass is 537 g/mol. The van der Waals surface area contributed by atoms with E-state index in [-0.39, 0.29) is 35.1 Å². The van der Waals surface area contributed by atoms with Crippen LogP contribution in [0.25, 0.3) is 44.3 Å². The molecule has 39 heavy (non-hydrogen) atoms. The van der Waals surface area contributed by atoms with Crippen molar-refractivity contribution in [3.05, 3.63) is 84.0 Å². The van der Waals surface area contributed by atoms with Crippen molar-refractivity contribution in [1.29, 1.82) is 0 Å². The molecule has 1 aliphatic carbocycles. The van der Waals surface area contributed by atoms with E-state index in [1.807, 2.05) is 44.9 Å². The van der Waals surface area contributed by atoms with Crippen molar-refractivity contribution in [1.82, 2.24) is 0 Å². The second-order valence-electron chi connectivity index (χ2n) is 13.1. The molecule has 0 spiro atoms. The Morgan fingerprint density at radius 3 is 2.33 bits per heavy atom. The summed E-state index contributed by atoms with van der Waals surface area (Å²) in [6.07, 6.45) is 5.78. The van der Waals surface area contributed by atoms with Crippen LogP contribution in [0, 0.1) is 12.3 Å². The highest BCUT2D eigenvalue weighted by Crippen LogP contribution is 2.44. The fourth-order valence-electron chi connectivity index (χ4n) is 5.85. The molecule has 2 aromatic heterocycles. The van der Waals surface area contributed by atoms with Crippen LogP contribution in [0.5, 0.6) is 0 Å². The second-order valence-corrected chi connectivity index (χ2v) is 18.1. The quantitative estimate of drug-likeness (QED) is 0.165. The molecule has 3 aromatic carbocycles. The molecule has 1 aliphatic rings. The van der Waals surface area contributed by atoms with Gasteiger partial charge in [0, 0.05) is 29.8 Å². The van der Waals surface area contributed by atoms with Gasteiger partial charge >= 0.3 is 0 Å². The van der Waals surface area contributed by atoms with Crippen LogP contribution in [0.2, 0.25) is 19.6 Å². The van der Waals surface area contributed by atoms with Gasteiger partial charge in [-0.25, -0.2) is 4.57 Å². The molecule has 5 aromatic rings. The first-order chi connectivity index (χ1) is 20.5. The number of hydrogen-bond acceptors (Lipinski definition) is 1. The first kappa shape index (κ1) is 20.7. The fourth-order valence-corrected chi connectivity index (χ4v) is 6.73. The zero-order valence-corrected chi connectivity index (χ0v) is 25.3. The summed E-state index contributed by atoms with van der Waals surface area (Å²) in [6, 6.07) is 14.2. The molecule has 0 unspecified atom stereocenters. The number of aromatic nitrogens is 1. The second kappa shape index (κ2) is 9.48. The van der Waals surface area contributed by atoms with Crippen molar-refractivity contribution < 1.29 is 15.8 Å². The topological polar surface area (TPSA) is 17.0 Å². The van der Waals surface area contributed by atoms with Crippen LogP contribution in [0.4, 0.5) is 0 Å². The lowest BCUT2D eigenvalue weighted by molar-refractivity contribution is -0.660. The molecular formula is C36H42NOSi+. The Bertz CT molecular complexity index is 1930. The van der Waals surface area contributed by atoms with Crippen LogP contribution in [0.15, 0.2) is 77.2 Å². The van der Waals surface area contributed by atoms with Crippen LogP contribution in [-0.2, 0) is 7.05 Å². The van der Waals surface area contributed by atoms with Gasteiger partial charge in [0.15, 0.2) is 6.20 Å². The summed E-state index contributed by atoms with van der Waals surface area (Å²) in [6.45, 7) is 12.8. The summed E-state index contributed by atoms with van der Waals surface area (Å²) in [7, 11) is -0.106. The first-order valence-corrected chi connectivity index (χ1v) is 17.6. The predicted molar refractivity (Wildman–Crippen MR) is 168 cm³/mol. The minimum absolute atomic E-state index is 0.0247. The average molecular weight is 538 g/mol. The van der Waals surface area contributed by atoms with Gasteiger partial charge in [-0.15, -0.1) is 0 Å². The number of para-hydroxylation sites is 1. The van der Waals surface area contributed by atoms with Crippen molar-refractivity contribution in [3.63, 3.8) is 0 Å². The molecule has 0 saturated heterocycles. The standard InChI is InChI=1S/C36H42NOSi/c1-24-11-16-31-30-10-8-9-29(26-12-14-28(15-13-26)39(5,6)7)34(30)38-35(31)33(24)32-23-27(19-22-37(32)4)25-17-20-36(2,3)21-18-25/h8-16,19,22-23,25H,17-18,20-21H2,1-7H3/q+1/i12D,13D,14D,15D,25D. The molecule has 200 valence electrons. The summed E-state index contributed by atoms with van der Waals surface area (Å²) < 4.78 is 53.9. The number of fused-ring (bicyclic) bond motifs is 3. The SMILES string of the molecule is [2H]c1c([2H])c([Si](C)(C)C)c([2H])c([2H])c1-c1cccc2c1oc1c(-c3cc(C4([2H])CCC(C)(C)CC4)cc[n+]3C)c(C)ccc12. The van der Waals surface area contributed by atoms with E-state index in [4.69, 9.17) is 9.90 Å². The maximum Gasteiger partial charge on any atom is 0.216 e. The molecule has 0 radical (unpaired) electrons. The maximum absolute atomic E-state index is 9.43. The molecule has 1 saturated carbocycles. The number of pyridine rings is 1. The van der Waals surface area contributed by atoms with Crippen molar-refractivity contribution in [2.75, 3.05) is 0 Å². The van der Waals surface area contributed by atoms with Crippen LogP contribution in [0.3, 0.4) is 0 Å². The Hall–Kier alpha value is -3.17. The Morgan fingerprint density at radius 2 is 1.64 bits per heavy atom. The number of furan rings is 1. The number of benzene rings is 3. The third-order valence-corrected chi connectivity index (χ3v) is 10.3. The predicted octanol–water partition coefficient (Wildman–Crippen LogP) is 9.28. The highest BCUT2D eigenvalue weighted by molar-refractivity contribution is 6.88. The molecule has 6 rings (SSSR count). The van der Waals surface area contributed by atoms with E-state index < -0.39 is 14.0 Å². The van der Waals surface area contributed by atoms with Crippen LogP contribution in [-0.4, -0.2) is 8.07 Å². The van der Waals surface area contributed by atoms with Crippen molar-refractivity contribution in [2.24, 2.45) is 12.5 Å². The van der Waals surface area contributed by atoms with Crippen molar-refractivity contribution >= 4 is 35.2 Å². The van der Waals surface area contributed by atoms with Gasteiger partial charge in [-0.3, -0.25) is 0 Å². The van der Waals surface area contributed by atoms with Gasteiger partial charge < -0.3 is 4.42 Å². The third kappa shape index (κ3) is 4.76. The van der Waals surface area contributed by atoms with Gasteiger partial charge in [0.1, 0.15) is 18.2 Å². The van der Waals surface area contributed by atoms with Gasteiger partial charge in [0.25, 0.3) is 0 Å². The molecular weight excluding hydrogens is 490 g/mol. The van der Waals surface area contributed by atoms with E-state index in [1.165, 1.54) is 0 Å².